The number of benzene rings is 2. The van der Waals surface area contributed by atoms with Crippen molar-refractivity contribution < 1.29 is 0 Å². The Labute approximate surface area is 110 Å². The molecule has 0 saturated carbocycles. The van der Waals surface area contributed by atoms with Crippen molar-refractivity contribution >= 4 is 0 Å². The molecule has 0 aliphatic heterocycles. The van der Waals surface area contributed by atoms with Gasteiger partial charge in [0, 0.05) is 13.1 Å². The highest BCUT2D eigenvalue weighted by Gasteiger charge is 2.05. The summed E-state index contributed by atoms with van der Waals surface area (Å²) in [6.07, 6.45) is 0. The number of hydrogen-bond acceptors (Lipinski definition) is 1. The van der Waals surface area contributed by atoms with Crippen LogP contribution in [0.1, 0.15) is 22.3 Å². The van der Waals surface area contributed by atoms with E-state index in [-0.39, 0.29) is 0 Å². The Balaban J connectivity index is 2.04. The van der Waals surface area contributed by atoms with Gasteiger partial charge in [-0.3, -0.25) is 4.90 Å². The van der Waals surface area contributed by atoms with E-state index >= 15 is 0 Å². The van der Waals surface area contributed by atoms with Crippen LogP contribution in [0, 0.1) is 13.8 Å². The molecule has 0 radical (unpaired) electrons. The molecule has 0 aliphatic carbocycles. The van der Waals surface area contributed by atoms with Crippen molar-refractivity contribution in [3.8, 4) is 0 Å². The molecule has 1 heteroatoms. The predicted octanol–water partition coefficient (Wildman–Crippen LogP) is 3.94. The molecule has 0 heterocycles. The van der Waals surface area contributed by atoms with Gasteiger partial charge in [0.15, 0.2) is 0 Å². The number of hydrogen-bond donors (Lipinski definition) is 0. The second kappa shape index (κ2) is 5.83. The maximum atomic E-state index is 2.37. The summed E-state index contributed by atoms with van der Waals surface area (Å²) in [6, 6.07) is 17.2. The smallest absolute Gasteiger partial charge is 0.0236 e. The molecule has 2 aromatic rings. The molecular formula is C17H21N. The second-order valence-electron chi connectivity index (χ2n) is 5.03. The topological polar surface area (TPSA) is 3.24 Å². The highest BCUT2D eigenvalue weighted by Crippen LogP contribution is 2.13. The summed E-state index contributed by atoms with van der Waals surface area (Å²) >= 11 is 0. The largest absolute Gasteiger partial charge is 0.298 e. The van der Waals surface area contributed by atoms with Crippen LogP contribution in [0.2, 0.25) is 0 Å². The Morgan fingerprint density at radius 3 is 1.50 bits per heavy atom. The molecule has 2 rings (SSSR count). The molecule has 2 aromatic carbocycles. The van der Waals surface area contributed by atoms with Crippen LogP contribution in [0.25, 0.3) is 0 Å². The van der Waals surface area contributed by atoms with Gasteiger partial charge in [-0.15, -0.1) is 0 Å². The van der Waals surface area contributed by atoms with Crippen LogP contribution in [-0.2, 0) is 13.1 Å². The zero-order valence-electron chi connectivity index (χ0n) is 11.5. The summed E-state index contributed by atoms with van der Waals surface area (Å²) < 4.78 is 0. The van der Waals surface area contributed by atoms with Gasteiger partial charge in [-0.25, -0.2) is 0 Å². The van der Waals surface area contributed by atoms with Crippen molar-refractivity contribution in [1.82, 2.24) is 4.90 Å². The standard InChI is InChI=1S/C17H21N/c1-14-8-4-6-10-16(14)12-18(3)13-17-11-7-5-9-15(17)2/h4-11H,12-13H2,1-3H3. The van der Waals surface area contributed by atoms with E-state index in [4.69, 9.17) is 0 Å². The highest BCUT2D eigenvalue weighted by molar-refractivity contribution is 5.27. The summed E-state index contributed by atoms with van der Waals surface area (Å²) in [6.45, 7) is 6.36. The molecule has 0 bridgehead atoms. The van der Waals surface area contributed by atoms with Gasteiger partial charge in [0.2, 0.25) is 0 Å². The van der Waals surface area contributed by atoms with E-state index in [1.807, 2.05) is 0 Å². The number of nitrogens with zero attached hydrogens (tertiary/aromatic N) is 1. The fraction of sp³-hybridized carbons (Fsp3) is 0.294. The van der Waals surface area contributed by atoms with Crippen LogP contribution >= 0.6 is 0 Å². The molecule has 94 valence electrons. The highest BCUT2D eigenvalue weighted by atomic mass is 15.1. The van der Waals surface area contributed by atoms with Crippen molar-refractivity contribution in [1.29, 1.82) is 0 Å². The molecule has 0 aliphatic rings. The average Bonchev–Trinajstić information content (AvgIpc) is 2.35. The van der Waals surface area contributed by atoms with Crippen LogP contribution in [-0.4, -0.2) is 11.9 Å². The van der Waals surface area contributed by atoms with Gasteiger partial charge in [0.1, 0.15) is 0 Å². The monoisotopic (exact) mass is 239 g/mol. The van der Waals surface area contributed by atoms with Crippen molar-refractivity contribution in [2.24, 2.45) is 0 Å². The Bertz CT molecular complexity index is 469. The third kappa shape index (κ3) is 3.21. The maximum absolute atomic E-state index is 2.37. The molecule has 0 atom stereocenters. The Hall–Kier alpha value is -1.60. The van der Waals surface area contributed by atoms with Crippen molar-refractivity contribution in [3.05, 3.63) is 70.8 Å². The van der Waals surface area contributed by atoms with Crippen molar-refractivity contribution in [2.75, 3.05) is 7.05 Å². The zero-order chi connectivity index (χ0) is 13.0. The fourth-order valence-electron chi connectivity index (χ4n) is 2.21. The Morgan fingerprint density at radius 2 is 1.11 bits per heavy atom. The molecule has 0 N–H and O–H groups in total. The number of aryl methyl sites for hydroxylation is 2. The lowest BCUT2D eigenvalue weighted by Gasteiger charge is -2.19. The normalized spacial score (nSPS) is 10.9. The first-order valence-electron chi connectivity index (χ1n) is 6.44. The molecular weight excluding hydrogens is 218 g/mol. The van der Waals surface area contributed by atoms with E-state index in [1.54, 1.807) is 0 Å². The zero-order valence-corrected chi connectivity index (χ0v) is 11.5. The first kappa shape index (κ1) is 12.8. The minimum atomic E-state index is 1.00. The predicted molar refractivity (Wildman–Crippen MR) is 77.5 cm³/mol. The van der Waals surface area contributed by atoms with E-state index in [0.717, 1.165) is 13.1 Å². The molecule has 0 unspecified atom stereocenters. The second-order valence-corrected chi connectivity index (χ2v) is 5.03. The van der Waals surface area contributed by atoms with Crippen LogP contribution in [0.5, 0.6) is 0 Å². The minimum absolute atomic E-state index is 1.00. The van der Waals surface area contributed by atoms with Gasteiger partial charge in [0.25, 0.3) is 0 Å². The summed E-state index contributed by atoms with van der Waals surface area (Å²) in [7, 11) is 2.18. The van der Waals surface area contributed by atoms with Gasteiger partial charge < -0.3 is 0 Å². The Morgan fingerprint density at radius 1 is 0.722 bits per heavy atom. The lowest BCUT2D eigenvalue weighted by molar-refractivity contribution is 0.318. The molecule has 18 heavy (non-hydrogen) atoms. The fourth-order valence-corrected chi connectivity index (χ4v) is 2.21. The third-order valence-electron chi connectivity index (χ3n) is 3.40. The van der Waals surface area contributed by atoms with Crippen molar-refractivity contribution in [3.63, 3.8) is 0 Å². The summed E-state index contributed by atoms with van der Waals surface area (Å²) in [4.78, 5) is 2.37. The third-order valence-corrected chi connectivity index (χ3v) is 3.40. The SMILES string of the molecule is Cc1ccccc1CN(C)Cc1ccccc1C. The Kier molecular flexibility index (Phi) is 4.16. The molecule has 0 aromatic heterocycles. The van der Waals surface area contributed by atoms with Crippen LogP contribution in [0.4, 0.5) is 0 Å². The first-order valence-corrected chi connectivity index (χ1v) is 6.44. The maximum Gasteiger partial charge on any atom is 0.0236 e. The minimum Gasteiger partial charge on any atom is -0.298 e. The van der Waals surface area contributed by atoms with E-state index in [1.165, 1.54) is 22.3 Å². The van der Waals surface area contributed by atoms with E-state index in [2.05, 4.69) is 74.3 Å². The van der Waals surface area contributed by atoms with E-state index < -0.39 is 0 Å². The van der Waals surface area contributed by atoms with Gasteiger partial charge in [-0.05, 0) is 43.1 Å². The molecule has 0 saturated heterocycles. The van der Waals surface area contributed by atoms with E-state index in [9.17, 15) is 0 Å². The molecule has 0 fully saturated rings. The van der Waals surface area contributed by atoms with Gasteiger partial charge in [-0.1, -0.05) is 48.5 Å². The lowest BCUT2D eigenvalue weighted by Crippen LogP contribution is -2.18. The first-order chi connectivity index (χ1) is 8.66. The van der Waals surface area contributed by atoms with Crippen LogP contribution < -0.4 is 0 Å². The van der Waals surface area contributed by atoms with Gasteiger partial charge in [0.05, 0.1) is 0 Å². The number of rotatable bonds is 4. The van der Waals surface area contributed by atoms with Gasteiger partial charge >= 0.3 is 0 Å². The van der Waals surface area contributed by atoms with Gasteiger partial charge in [-0.2, -0.15) is 0 Å². The quantitative estimate of drug-likeness (QED) is 0.781. The summed E-state index contributed by atoms with van der Waals surface area (Å²) in [5.74, 6) is 0. The lowest BCUT2D eigenvalue weighted by atomic mass is 10.1. The summed E-state index contributed by atoms with van der Waals surface area (Å²) in [5.41, 5.74) is 5.56. The molecule has 0 amide bonds. The van der Waals surface area contributed by atoms with E-state index in [0.29, 0.717) is 0 Å². The van der Waals surface area contributed by atoms with Crippen molar-refractivity contribution in [2.45, 2.75) is 26.9 Å². The molecule has 0 spiro atoms. The average molecular weight is 239 g/mol. The van der Waals surface area contributed by atoms with Crippen LogP contribution in [0.15, 0.2) is 48.5 Å². The summed E-state index contributed by atoms with van der Waals surface area (Å²) in [5, 5.41) is 0. The molecule has 1 nitrogen and oxygen atoms in total. The van der Waals surface area contributed by atoms with Crippen LogP contribution in [0.3, 0.4) is 0 Å².